The standard InChI is InChI=1S/C22H20ClFN6OS/c1-14(2)30-13-26-17(20(30)23)6-5-16-12-32-22(27-16)28-21(31)18-4-3-9-29(18)11-15-7-8-25-19(24)10-15/h3-10,12-14H,11H2,1-2H3,(H,27,28,31)/b6-5+. The lowest BCUT2D eigenvalue weighted by molar-refractivity contribution is 0.101. The molecule has 32 heavy (non-hydrogen) atoms. The Bertz CT molecular complexity index is 1270. The molecule has 0 spiro atoms. The quantitative estimate of drug-likeness (QED) is 0.368. The van der Waals surface area contributed by atoms with Gasteiger partial charge in [-0.3, -0.25) is 10.1 Å². The molecule has 164 valence electrons. The van der Waals surface area contributed by atoms with E-state index < -0.39 is 5.95 Å². The summed E-state index contributed by atoms with van der Waals surface area (Å²) in [5.41, 5.74) is 2.50. The maximum absolute atomic E-state index is 13.4. The lowest BCUT2D eigenvalue weighted by Gasteiger charge is -2.09. The van der Waals surface area contributed by atoms with Crippen LogP contribution in [0.3, 0.4) is 0 Å². The highest BCUT2D eigenvalue weighted by atomic mass is 35.5. The fourth-order valence-corrected chi connectivity index (χ4v) is 4.10. The van der Waals surface area contributed by atoms with Crippen molar-refractivity contribution >= 4 is 46.1 Å². The van der Waals surface area contributed by atoms with Crippen LogP contribution in [0.2, 0.25) is 5.15 Å². The number of hydrogen-bond donors (Lipinski definition) is 1. The van der Waals surface area contributed by atoms with E-state index in [9.17, 15) is 9.18 Å². The zero-order valence-electron chi connectivity index (χ0n) is 17.4. The lowest BCUT2D eigenvalue weighted by atomic mass is 10.2. The first-order chi connectivity index (χ1) is 15.4. The second kappa shape index (κ2) is 9.46. The predicted molar refractivity (Wildman–Crippen MR) is 124 cm³/mol. The molecular weight excluding hydrogens is 451 g/mol. The Morgan fingerprint density at radius 3 is 2.91 bits per heavy atom. The third kappa shape index (κ3) is 4.95. The summed E-state index contributed by atoms with van der Waals surface area (Å²) in [5, 5.41) is 5.68. The summed E-state index contributed by atoms with van der Waals surface area (Å²) in [7, 11) is 0. The van der Waals surface area contributed by atoms with Crippen molar-refractivity contribution < 1.29 is 9.18 Å². The average molecular weight is 471 g/mol. The Kier molecular flexibility index (Phi) is 6.48. The Morgan fingerprint density at radius 1 is 1.31 bits per heavy atom. The summed E-state index contributed by atoms with van der Waals surface area (Å²) >= 11 is 7.66. The van der Waals surface area contributed by atoms with Gasteiger partial charge in [0.25, 0.3) is 5.91 Å². The summed E-state index contributed by atoms with van der Waals surface area (Å²) in [5.74, 6) is -0.852. The van der Waals surface area contributed by atoms with E-state index >= 15 is 0 Å². The van der Waals surface area contributed by atoms with Crippen LogP contribution in [0, 0.1) is 5.95 Å². The molecule has 0 unspecified atom stereocenters. The van der Waals surface area contributed by atoms with Gasteiger partial charge in [0.15, 0.2) is 5.13 Å². The van der Waals surface area contributed by atoms with E-state index in [0.717, 1.165) is 0 Å². The SMILES string of the molecule is CC(C)n1cnc(/C=C/c2csc(NC(=O)c3cccn3Cc3ccnc(F)c3)n2)c1Cl. The highest BCUT2D eigenvalue weighted by molar-refractivity contribution is 7.14. The normalized spacial score (nSPS) is 11.5. The minimum Gasteiger partial charge on any atom is -0.339 e. The van der Waals surface area contributed by atoms with Crippen LogP contribution in [0.4, 0.5) is 9.52 Å². The molecule has 10 heteroatoms. The second-order valence-electron chi connectivity index (χ2n) is 7.29. The molecule has 0 aromatic carbocycles. The molecule has 0 saturated heterocycles. The number of carbonyl (C=O) groups excluding carboxylic acids is 1. The van der Waals surface area contributed by atoms with Crippen molar-refractivity contribution in [2.24, 2.45) is 0 Å². The number of nitrogens with one attached hydrogen (secondary N) is 1. The topological polar surface area (TPSA) is 77.6 Å². The monoisotopic (exact) mass is 470 g/mol. The van der Waals surface area contributed by atoms with Crippen molar-refractivity contribution in [2.45, 2.75) is 26.4 Å². The highest BCUT2D eigenvalue weighted by Gasteiger charge is 2.14. The Balaban J connectivity index is 1.43. The van der Waals surface area contributed by atoms with Crippen LogP contribution in [0.25, 0.3) is 12.2 Å². The first kappa shape index (κ1) is 21.9. The summed E-state index contributed by atoms with van der Waals surface area (Å²) in [6.07, 6.45) is 8.46. The minimum atomic E-state index is -0.554. The van der Waals surface area contributed by atoms with Gasteiger partial charge in [-0.15, -0.1) is 11.3 Å². The van der Waals surface area contributed by atoms with E-state index in [1.54, 1.807) is 47.4 Å². The van der Waals surface area contributed by atoms with Gasteiger partial charge >= 0.3 is 0 Å². The van der Waals surface area contributed by atoms with Gasteiger partial charge in [0, 0.05) is 30.4 Å². The summed E-state index contributed by atoms with van der Waals surface area (Å²) in [6, 6.07) is 6.74. The molecule has 4 aromatic rings. The molecule has 0 bridgehead atoms. The average Bonchev–Trinajstić information content (AvgIpc) is 3.47. The van der Waals surface area contributed by atoms with Gasteiger partial charge in [-0.25, -0.2) is 15.0 Å². The molecule has 0 aliphatic carbocycles. The molecule has 4 heterocycles. The number of pyridine rings is 1. The largest absolute Gasteiger partial charge is 0.339 e. The predicted octanol–water partition coefficient (Wildman–Crippen LogP) is 5.38. The van der Waals surface area contributed by atoms with Crippen molar-refractivity contribution in [3.63, 3.8) is 0 Å². The number of anilines is 1. The van der Waals surface area contributed by atoms with Gasteiger partial charge in [-0.2, -0.15) is 4.39 Å². The molecule has 0 aliphatic heterocycles. The molecule has 0 fully saturated rings. The number of amides is 1. The maximum atomic E-state index is 13.4. The van der Waals surface area contributed by atoms with Crippen LogP contribution < -0.4 is 5.32 Å². The van der Waals surface area contributed by atoms with Gasteiger partial charge in [0.05, 0.1) is 12.0 Å². The van der Waals surface area contributed by atoms with Gasteiger partial charge in [-0.1, -0.05) is 11.6 Å². The smallest absolute Gasteiger partial charge is 0.274 e. The summed E-state index contributed by atoms with van der Waals surface area (Å²) in [4.78, 5) is 25.0. The molecule has 0 saturated carbocycles. The van der Waals surface area contributed by atoms with Crippen LogP contribution in [0.15, 0.2) is 48.4 Å². The van der Waals surface area contributed by atoms with Crippen LogP contribution in [-0.4, -0.2) is 30.0 Å². The lowest BCUT2D eigenvalue weighted by Crippen LogP contribution is -2.17. The Morgan fingerprint density at radius 2 is 2.16 bits per heavy atom. The zero-order valence-corrected chi connectivity index (χ0v) is 18.9. The first-order valence-corrected chi connectivity index (χ1v) is 11.1. The summed E-state index contributed by atoms with van der Waals surface area (Å²) in [6.45, 7) is 4.41. The fraction of sp³-hybridized carbons (Fsp3) is 0.182. The van der Waals surface area contributed by atoms with Crippen molar-refractivity contribution in [1.82, 2.24) is 24.1 Å². The van der Waals surface area contributed by atoms with Crippen molar-refractivity contribution in [3.05, 3.63) is 82.1 Å². The number of rotatable bonds is 7. The Labute approximate surface area is 193 Å². The van der Waals surface area contributed by atoms with Crippen LogP contribution in [0.5, 0.6) is 0 Å². The fourth-order valence-electron chi connectivity index (χ4n) is 3.07. The van der Waals surface area contributed by atoms with E-state index in [-0.39, 0.29) is 11.9 Å². The third-order valence-electron chi connectivity index (χ3n) is 4.68. The molecule has 1 amide bonds. The van der Waals surface area contributed by atoms with Gasteiger partial charge in [0.1, 0.15) is 16.5 Å². The number of thiazole rings is 1. The van der Waals surface area contributed by atoms with E-state index in [0.29, 0.717) is 39.5 Å². The molecule has 4 aromatic heterocycles. The van der Waals surface area contributed by atoms with E-state index in [1.807, 2.05) is 23.8 Å². The summed E-state index contributed by atoms with van der Waals surface area (Å²) < 4.78 is 17.0. The van der Waals surface area contributed by atoms with Crippen LogP contribution in [-0.2, 0) is 6.54 Å². The van der Waals surface area contributed by atoms with Crippen molar-refractivity contribution in [2.75, 3.05) is 5.32 Å². The molecular formula is C22H20ClFN6OS. The van der Waals surface area contributed by atoms with Gasteiger partial charge < -0.3 is 9.13 Å². The molecule has 7 nitrogen and oxygen atoms in total. The van der Waals surface area contributed by atoms with Crippen molar-refractivity contribution in [1.29, 1.82) is 0 Å². The second-order valence-corrected chi connectivity index (χ2v) is 8.51. The van der Waals surface area contributed by atoms with Gasteiger partial charge in [0.2, 0.25) is 5.95 Å². The van der Waals surface area contributed by atoms with E-state index in [1.165, 1.54) is 23.6 Å². The maximum Gasteiger partial charge on any atom is 0.274 e. The molecule has 1 N–H and O–H groups in total. The number of hydrogen-bond acceptors (Lipinski definition) is 5. The first-order valence-electron chi connectivity index (χ1n) is 9.83. The van der Waals surface area contributed by atoms with Crippen LogP contribution in [0.1, 0.15) is 47.3 Å². The Hall–Kier alpha value is -3.30. The van der Waals surface area contributed by atoms with E-state index in [4.69, 9.17) is 11.6 Å². The number of aromatic nitrogens is 5. The van der Waals surface area contributed by atoms with Crippen molar-refractivity contribution in [3.8, 4) is 0 Å². The molecule has 4 rings (SSSR count). The van der Waals surface area contributed by atoms with Crippen LogP contribution >= 0.6 is 22.9 Å². The molecule has 0 radical (unpaired) electrons. The van der Waals surface area contributed by atoms with Gasteiger partial charge in [-0.05, 0) is 55.8 Å². The number of nitrogens with zero attached hydrogens (tertiary/aromatic N) is 5. The number of carbonyl (C=O) groups is 1. The van der Waals surface area contributed by atoms with E-state index in [2.05, 4.69) is 20.3 Å². The number of halogens is 2. The third-order valence-corrected chi connectivity index (χ3v) is 5.84. The molecule has 0 atom stereocenters. The zero-order chi connectivity index (χ0) is 22.7. The number of imidazole rings is 1. The highest BCUT2D eigenvalue weighted by Crippen LogP contribution is 2.23. The minimum absolute atomic E-state index is 0.217. The molecule has 0 aliphatic rings.